The van der Waals surface area contributed by atoms with Crippen LogP contribution in [0.2, 0.25) is 0 Å². The van der Waals surface area contributed by atoms with Gasteiger partial charge in [0, 0.05) is 18.7 Å². The number of hydrogen-bond acceptors (Lipinski definition) is 8. The molecule has 2 heterocycles. The zero-order valence-corrected chi connectivity index (χ0v) is 19.2. The lowest BCUT2D eigenvalue weighted by molar-refractivity contribution is 0.101. The lowest BCUT2D eigenvalue weighted by atomic mass is 9.94. The van der Waals surface area contributed by atoms with Crippen LogP contribution in [0.1, 0.15) is 37.6 Å². The number of hydrogen-bond donors (Lipinski definition) is 1. The molecule has 0 aliphatic carbocycles. The van der Waals surface area contributed by atoms with Crippen molar-refractivity contribution in [2.24, 2.45) is 11.8 Å². The molecule has 158 valence electrons. The van der Waals surface area contributed by atoms with Crippen LogP contribution in [0, 0.1) is 11.8 Å². The van der Waals surface area contributed by atoms with E-state index in [1.54, 1.807) is 34.3 Å². The number of thioether (sulfide) groups is 1. The minimum absolute atomic E-state index is 0.0344. The molecule has 3 rings (SSSR count). The number of ketones is 1. The van der Waals surface area contributed by atoms with Gasteiger partial charge >= 0.3 is 0 Å². The van der Waals surface area contributed by atoms with Gasteiger partial charge in [-0.25, -0.2) is 8.42 Å². The molecule has 0 spiro atoms. The maximum absolute atomic E-state index is 13.1. The van der Waals surface area contributed by atoms with E-state index in [1.807, 2.05) is 6.92 Å². The van der Waals surface area contributed by atoms with E-state index < -0.39 is 10.0 Å². The van der Waals surface area contributed by atoms with E-state index in [0.717, 1.165) is 16.5 Å². The summed E-state index contributed by atoms with van der Waals surface area (Å²) in [5.41, 5.74) is 0.365. The summed E-state index contributed by atoms with van der Waals surface area (Å²) in [7, 11) is -3.62. The topological polar surface area (TPSA) is 92.3 Å². The van der Waals surface area contributed by atoms with Crippen LogP contribution >= 0.6 is 23.1 Å². The summed E-state index contributed by atoms with van der Waals surface area (Å²) in [6, 6.07) is 6.30. The molecule has 1 fully saturated rings. The van der Waals surface area contributed by atoms with Crippen molar-refractivity contribution in [2.75, 3.05) is 30.7 Å². The molecule has 29 heavy (non-hydrogen) atoms. The molecule has 1 aliphatic heterocycles. The summed E-state index contributed by atoms with van der Waals surface area (Å²) in [6.07, 6.45) is 1.03. The highest BCUT2D eigenvalue weighted by molar-refractivity contribution is 8.01. The van der Waals surface area contributed by atoms with E-state index in [0.29, 0.717) is 35.6 Å². The van der Waals surface area contributed by atoms with Gasteiger partial charge in [0.05, 0.1) is 11.4 Å². The van der Waals surface area contributed by atoms with Crippen molar-refractivity contribution in [3.05, 3.63) is 29.8 Å². The number of aromatic nitrogens is 2. The Balaban J connectivity index is 1.70. The van der Waals surface area contributed by atoms with Gasteiger partial charge in [-0.2, -0.15) is 4.31 Å². The zero-order chi connectivity index (χ0) is 21.0. The summed E-state index contributed by atoms with van der Waals surface area (Å²) in [5.74, 6) is 1.36. The lowest BCUT2D eigenvalue weighted by Gasteiger charge is -2.34. The Bertz CT molecular complexity index is 951. The second-order valence-corrected chi connectivity index (χ2v) is 11.8. The summed E-state index contributed by atoms with van der Waals surface area (Å²) in [4.78, 5) is 12.8. The van der Waals surface area contributed by atoms with Crippen LogP contribution in [-0.2, 0) is 10.0 Å². The first kappa shape index (κ1) is 22.2. The number of nitrogens with zero attached hydrogens (tertiary/aromatic N) is 3. The van der Waals surface area contributed by atoms with Crippen molar-refractivity contribution in [2.45, 2.75) is 36.4 Å². The lowest BCUT2D eigenvalue weighted by Crippen LogP contribution is -2.42. The number of nitrogens with one attached hydrogen (secondary N) is 1. The van der Waals surface area contributed by atoms with Crippen LogP contribution in [0.4, 0.5) is 5.13 Å². The molecule has 0 amide bonds. The minimum Gasteiger partial charge on any atom is -0.353 e. The van der Waals surface area contributed by atoms with Gasteiger partial charge in [0.1, 0.15) is 0 Å². The predicted molar refractivity (Wildman–Crippen MR) is 117 cm³/mol. The van der Waals surface area contributed by atoms with E-state index in [-0.39, 0.29) is 17.2 Å². The average molecular weight is 455 g/mol. The second kappa shape index (κ2) is 9.55. The third-order valence-electron chi connectivity index (χ3n) is 4.70. The smallest absolute Gasteiger partial charge is 0.243 e. The molecule has 2 unspecified atom stereocenters. The van der Waals surface area contributed by atoms with Crippen LogP contribution in [0.5, 0.6) is 0 Å². The number of benzene rings is 1. The summed E-state index contributed by atoms with van der Waals surface area (Å²) in [6.45, 7) is 7.24. The molecule has 2 atom stereocenters. The van der Waals surface area contributed by atoms with Crippen molar-refractivity contribution in [1.29, 1.82) is 0 Å². The first-order chi connectivity index (χ1) is 13.8. The Morgan fingerprint density at radius 2 is 2.00 bits per heavy atom. The van der Waals surface area contributed by atoms with Crippen molar-refractivity contribution in [1.82, 2.24) is 14.5 Å². The molecule has 1 aliphatic rings. The maximum atomic E-state index is 13.1. The highest BCUT2D eigenvalue weighted by atomic mass is 32.2. The van der Waals surface area contributed by atoms with Crippen molar-refractivity contribution in [3.8, 4) is 0 Å². The monoisotopic (exact) mass is 454 g/mol. The molecule has 10 heteroatoms. The molecule has 0 saturated carbocycles. The number of rotatable bonds is 8. The van der Waals surface area contributed by atoms with Gasteiger partial charge in [-0.3, -0.25) is 4.79 Å². The zero-order valence-electron chi connectivity index (χ0n) is 16.8. The maximum Gasteiger partial charge on any atom is 0.243 e. The first-order valence-corrected chi connectivity index (χ1v) is 12.9. The normalized spacial score (nSPS) is 20.5. The Labute approximate surface area is 180 Å². The van der Waals surface area contributed by atoms with Gasteiger partial charge in [-0.05, 0) is 36.1 Å². The van der Waals surface area contributed by atoms with E-state index in [2.05, 4.69) is 29.4 Å². The number of sulfonamides is 1. The second-order valence-electron chi connectivity index (χ2n) is 7.38. The van der Waals surface area contributed by atoms with Gasteiger partial charge in [0.25, 0.3) is 0 Å². The molecule has 1 aromatic heterocycles. The molecular weight excluding hydrogens is 428 g/mol. The molecule has 0 bridgehead atoms. The fraction of sp³-hybridized carbons (Fsp3) is 0.526. The van der Waals surface area contributed by atoms with Crippen molar-refractivity contribution < 1.29 is 13.2 Å². The Morgan fingerprint density at radius 1 is 1.28 bits per heavy atom. The van der Waals surface area contributed by atoms with E-state index >= 15 is 0 Å². The number of Topliss-reactive ketones (excluding diaryl/α,β-unsaturated/α-hetero) is 1. The molecule has 1 N–H and O–H groups in total. The third kappa shape index (κ3) is 5.56. The molecule has 2 aromatic rings. The number of carbonyl (C=O) groups is 1. The van der Waals surface area contributed by atoms with Crippen LogP contribution in [0.15, 0.2) is 33.5 Å². The molecule has 0 radical (unpaired) electrons. The molecular formula is C19H26N4O3S3. The van der Waals surface area contributed by atoms with Crippen LogP contribution in [-0.4, -0.2) is 54.1 Å². The van der Waals surface area contributed by atoms with Crippen LogP contribution in [0.3, 0.4) is 0 Å². The molecule has 7 nitrogen and oxygen atoms in total. The van der Waals surface area contributed by atoms with E-state index in [1.165, 1.54) is 17.4 Å². The quantitative estimate of drug-likeness (QED) is 0.481. The van der Waals surface area contributed by atoms with E-state index in [4.69, 9.17) is 0 Å². The van der Waals surface area contributed by atoms with Gasteiger partial charge < -0.3 is 5.32 Å². The number of piperidine rings is 1. The molecule has 1 aromatic carbocycles. The average Bonchev–Trinajstić information content (AvgIpc) is 3.13. The van der Waals surface area contributed by atoms with Crippen LogP contribution < -0.4 is 5.32 Å². The molecule has 1 saturated heterocycles. The highest BCUT2D eigenvalue weighted by Crippen LogP contribution is 2.27. The van der Waals surface area contributed by atoms with Crippen LogP contribution in [0.25, 0.3) is 0 Å². The van der Waals surface area contributed by atoms with Crippen molar-refractivity contribution in [3.63, 3.8) is 0 Å². The first-order valence-electron chi connectivity index (χ1n) is 9.63. The fourth-order valence-corrected chi connectivity index (χ4v) is 6.87. The summed E-state index contributed by atoms with van der Waals surface area (Å²) >= 11 is 2.99. The summed E-state index contributed by atoms with van der Waals surface area (Å²) in [5, 5.41) is 11.6. The SMILES string of the molecule is CCSc1nnc(NCC(=O)c2cccc(S(=O)(=O)N3CC(C)CC(C)C3)c2)s1. The van der Waals surface area contributed by atoms with Gasteiger partial charge in [0.2, 0.25) is 15.2 Å². The predicted octanol–water partition coefficient (Wildman–Crippen LogP) is 3.61. The largest absolute Gasteiger partial charge is 0.353 e. The van der Waals surface area contributed by atoms with Crippen molar-refractivity contribution >= 4 is 44.0 Å². The number of anilines is 1. The Morgan fingerprint density at radius 3 is 2.69 bits per heavy atom. The summed E-state index contributed by atoms with van der Waals surface area (Å²) < 4.78 is 28.5. The Hall–Kier alpha value is -1.49. The van der Waals surface area contributed by atoms with Gasteiger partial charge in [-0.15, -0.1) is 10.2 Å². The van der Waals surface area contributed by atoms with Gasteiger partial charge in [-0.1, -0.05) is 56.0 Å². The standard InChI is InChI=1S/C19H26N4O3S3/c1-4-27-19-22-21-18(28-19)20-10-17(24)15-6-5-7-16(9-15)29(25,26)23-11-13(2)8-14(3)12-23/h5-7,9,13-14H,4,8,10-12H2,1-3H3,(H,20,21). The number of carbonyl (C=O) groups excluding carboxylic acids is 1. The van der Waals surface area contributed by atoms with Gasteiger partial charge in [0.15, 0.2) is 10.1 Å². The Kier molecular flexibility index (Phi) is 7.31. The third-order valence-corrected chi connectivity index (χ3v) is 8.43. The van der Waals surface area contributed by atoms with E-state index in [9.17, 15) is 13.2 Å². The highest BCUT2D eigenvalue weighted by Gasteiger charge is 2.31. The fourth-order valence-electron chi connectivity index (χ4n) is 3.50. The minimum atomic E-state index is -3.62.